The van der Waals surface area contributed by atoms with Crippen molar-refractivity contribution < 1.29 is 52.7 Å². The number of benzene rings is 2. The average Bonchev–Trinajstić information content (AvgIpc) is 3.18. The number of esters is 4. The van der Waals surface area contributed by atoms with E-state index >= 15 is 0 Å². The van der Waals surface area contributed by atoms with E-state index in [4.69, 9.17) is 28.4 Å². The van der Waals surface area contributed by atoms with Crippen LogP contribution in [0.5, 0.6) is 17.2 Å². The van der Waals surface area contributed by atoms with Gasteiger partial charge in [0, 0.05) is 12.2 Å². The summed E-state index contributed by atoms with van der Waals surface area (Å²) in [6.45, 7) is 14.3. The van der Waals surface area contributed by atoms with Crippen LogP contribution in [0.25, 0.3) is 6.08 Å². The fourth-order valence-electron chi connectivity index (χ4n) is 5.09. The Balaban J connectivity index is 0.000000413. The van der Waals surface area contributed by atoms with Crippen molar-refractivity contribution in [2.24, 2.45) is 17.3 Å². The number of carbonyl (C=O) groups is 4. The second-order valence-electron chi connectivity index (χ2n) is 14.0. The zero-order valence-corrected chi connectivity index (χ0v) is 32.9. The van der Waals surface area contributed by atoms with Gasteiger partial charge in [-0.2, -0.15) is 0 Å². The van der Waals surface area contributed by atoms with Crippen molar-refractivity contribution in [2.75, 3.05) is 26.9 Å². The van der Waals surface area contributed by atoms with E-state index in [0.717, 1.165) is 62.3 Å². The number of hydrogen-bond donors (Lipinski definition) is 1. The van der Waals surface area contributed by atoms with Crippen molar-refractivity contribution in [3.05, 3.63) is 72.8 Å². The van der Waals surface area contributed by atoms with E-state index in [1.54, 1.807) is 37.5 Å². The topological polar surface area (TPSA) is 144 Å². The maximum absolute atomic E-state index is 12.0. The number of aliphatic hydroxyl groups excluding tert-OH is 1. The number of hydrogen-bond acceptors (Lipinski definition) is 11. The summed E-state index contributed by atoms with van der Waals surface area (Å²) in [7, 11) is 1.58. The Hall–Kier alpha value is -4.64. The molecule has 1 aliphatic carbocycles. The van der Waals surface area contributed by atoms with Crippen molar-refractivity contribution in [3.63, 3.8) is 0 Å². The molecule has 0 saturated heterocycles. The minimum absolute atomic E-state index is 0.0199. The Morgan fingerprint density at radius 3 is 2.09 bits per heavy atom. The van der Waals surface area contributed by atoms with Gasteiger partial charge in [-0.05, 0) is 126 Å². The van der Waals surface area contributed by atoms with Gasteiger partial charge in [-0.15, -0.1) is 0 Å². The SMILES string of the molecule is C=CC(=O)OC1CCC(COC(=O)C(C)(C)CC)CC1O.CCC(C)C(=O)OCCCCCCOc1ccc(/C=C/C(=O)Oc2ccc(OC)cc2)cc1. The second-order valence-corrected chi connectivity index (χ2v) is 14.0. The van der Waals surface area contributed by atoms with Crippen LogP contribution >= 0.6 is 0 Å². The molecule has 0 spiro atoms. The Kier molecular flexibility index (Phi) is 20.8. The zero-order valence-electron chi connectivity index (χ0n) is 32.9. The fraction of sp³-hybridized carbons (Fsp3) is 0.535. The molecule has 298 valence electrons. The van der Waals surface area contributed by atoms with Crippen LogP contribution in [0, 0.1) is 17.3 Å². The lowest BCUT2D eigenvalue weighted by Crippen LogP contribution is -2.39. The molecule has 0 radical (unpaired) electrons. The largest absolute Gasteiger partial charge is 0.497 e. The van der Waals surface area contributed by atoms with Crippen LogP contribution in [-0.4, -0.2) is 68.1 Å². The normalized spacial score (nSPS) is 17.3. The Morgan fingerprint density at radius 1 is 0.870 bits per heavy atom. The molecule has 1 fully saturated rings. The minimum Gasteiger partial charge on any atom is -0.497 e. The van der Waals surface area contributed by atoms with E-state index in [0.29, 0.717) is 44.2 Å². The Bertz CT molecular complexity index is 1460. The van der Waals surface area contributed by atoms with Crippen molar-refractivity contribution in [1.29, 1.82) is 0 Å². The number of ether oxygens (including phenoxy) is 6. The van der Waals surface area contributed by atoms with Gasteiger partial charge in [0.25, 0.3) is 0 Å². The minimum atomic E-state index is -0.717. The molecule has 2 aromatic carbocycles. The van der Waals surface area contributed by atoms with Gasteiger partial charge in [0.05, 0.1) is 44.4 Å². The van der Waals surface area contributed by atoms with E-state index in [1.807, 2.05) is 58.9 Å². The summed E-state index contributed by atoms with van der Waals surface area (Å²) in [5, 5.41) is 10.0. The van der Waals surface area contributed by atoms with Crippen LogP contribution in [0.4, 0.5) is 0 Å². The van der Waals surface area contributed by atoms with Gasteiger partial charge in [0.2, 0.25) is 0 Å². The molecule has 1 saturated carbocycles. The van der Waals surface area contributed by atoms with Crippen LogP contribution in [0.3, 0.4) is 0 Å². The molecular weight excluding hydrogens is 692 g/mol. The molecule has 0 heterocycles. The molecule has 0 aliphatic heterocycles. The molecule has 4 unspecified atom stereocenters. The second kappa shape index (κ2) is 24.6. The summed E-state index contributed by atoms with van der Waals surface area (Å²) in [6, 6.07) is 14.4. The van der Waals surface area contributed by atoms with Gasteiger partial charge in [-0.25, -0.2) is 9.59 Å². The van der Waals surface area contributed by atoms with Crippen molar-refractivity contribution in [3.8, 4) is 17.2 Å². The van der Waals surface area contributed by atoms with Crippen molar-refractivity contribution in [2.45, 2.75) is 105 Å². The maximum atomic E-state index is 12.0. The lowest BCUT2D eigenvalue weighted by molar-refractivity contribution is -0.159. The molecule has 11 heteroatoms. The summed E-state index contributed by atoms with van der Waals surface area (Å²) in [5.74, 6) is 0.754. The highest BCUT2D eigenvalue weighted by Crippen LogP contribution is 2.29. The number of aliphatic hydroxyl groups is 1. The summed E-state index contributed by atoms with van der Waals surface area (Å²) in [5.41, 5.74) is 0.399. The standard InChI is InChI=1S/C27H34O6.C16H26O5/c1-4-21(2)27(29)32-20-8-6-5-7-19-31-24-12-9-22(10-13-24)11-18-26(28)33-25-16-14-23(30-3)15-17-25;1-5-14(18)21-13-8-7-11(9-12(13)17)10-20-15(19)16(3,4)6-2/h9-18,21H,4-8,19-20H2,1-3H3;5,11-13,17H,1,6-10H2,2-4H3/b18-11+;. The quantitative estimate of drug-likeness (QED) is 0.0461. The molecule has 1 N–H and O–H groups in total. The summed E-state index contributed by atoms with van der Waals surface area (Å²) >= 11 is 0. The lowest BCUT2D eigenvalue weighted by Gasteiger charge is -2.32. The van der Waals surface area contributed by atoms with Crippen LogP contribution in [0.15, 0.2) is 67.3 Å². The molecule has 0 aromatic heterocycles. The lowest BCUT2D eigenvalue weighted by atomic mass is 9.85. The highest BCUT2D eigenvalue weighted by molar-refractivity contribution is 5.88. The smallest absolute Gasteiger partial charge is 0.336 e. The number of rotatable bonds is 20. The monoisotopic (exact) mass is 752 g/mol. The van der Waals surface area contributed by atoms with E-state index in [1.165, 1.54) is 6.08 Å². The van der Waals surface area contributed by atoms with Gasteiger partial charge in [-0.3, -0.25) is 9.59 Å². The van der Waals surface area contributed by atoms with Crippen LogP contribution < -0.4 is 14.2 Å². The molecule has 11 nitrogen and oxygen atoms in total. The first-order valence-electron chi connectivity index (χ1n) is 18.9. The Labute approximate surface area is 321 Å². The number of carbonyl (C=O) groups excluding carboxylic acids is 4. The first-order valence-corrected chi connectivity index (χ1v) is 18.9. The first-order chi connectivity index (χ1) is 25.8. The van der Waals surface area contributed by atoms with E-state index in [2.05, 4.69) is 6.58 Å². The van der Waals surface area contributed by atoms with Gasteiger partial charge in [0.1, 0.15) is 23.4 Å². The number of methoxy groups -OCH3 is 1. The molecule has 0 amide bonds. The number of unbranched alkanes of at least 4 members (excludes halogenated alkanes) is 3. The van der Waals surface area contributed by atoms with E-state index < -0.39 is 29.6 Å². The summed E-state index contributed by atoms with van der Waals surface area (Å²) < 4.78 is 31.8. The van der Waals surface area contributed by atoms with Crippen molar-refractivity contribution >= 4 is 30.0 Å². The summed E-state index contributed by atoms with van der Waals surface area (Å²) in [4.78, 5) is 46.6. The van der Waals surface area contributed by atoms with Crippen LogP contribution in [0.1, 0.15) is 98.0 Å². The fourth-order valence-corrected chi connectivity index (χ4v) is 5.09. The Morgan fingerprint density at radius 2 is 1.50 bits per heavy atom. The molecule has 4 atom stereocenters. The first kappa shape index (κ1) is 45.5. The predicted octanol–water partition coefficient (Wildman–Crippen LogP) is 8.07. The maximum Gasteiger partial charge on any atom is 0.336 e. The molecule has 2 aromatic rings. The van der Waals surface area contributed by atoms with E-state index in [-0.39, 0.29) is 23.8 Å². The molecular formula is C43H60O11. The van der Waals surface area contributed by atoms with Crippen LogP contribution in [0.2, 0.25) is 0 Å². The van der Waals surface area contributed by atoms with Gasteiger partial charge < -0.3 is 33.5 Å². The summed E-state index contributed by atoms with van der Waals surface area (Å²) in [6.07, 6.45) is 10.1. The zero-order chi connectivity index (χ0) is 39.9. The predicted molar refractivity (Wildman–Crippen MR) is 207 cm³/mol. The molecule has 54 heavy (non-hydrogen) atoms. The van der Waals surface area contributed by atoms with Crippen molar-refractivity contribution in [1.82, 2.24) is 0 Å². The average molecular weight is 753 g/mol. The van der Waals surface area contributed by atoms with Gasteiger partial charge in [-0.1, -0.05) is 39.5 Å². The van der Waals surface area contributed by atoms with Gasteiger partial charge in [0.15, 0.2) is 0 Å². The molecule has 0 bridgehead atoms. The third-order valence-electron chi connectivity index (χ3n) is 9.32. The van der Waals surface area contributed by atoms with E-state index in [9.17, 15) is 24.3 Å². The van der Waals surface area contributed by atoms with Gasteiger partial charge >= 0.3 is 23.9 Å². The third-order valence-corrected chi connectivity index (χ3v) is 9.32. The third kappa shape index (κ3) is 17.5. The highest BCUT2D eigenvalue weighted by atomic mass is 16.6. The van der Waals surface area contributed by atoms with Crippen LogP contribution in [-0.2, 0) is 33.4 Å². The molecule has 1 aliphatic rings. The highest BCUT2D eigenvalue weighted by Gasteiger charge is 2.33. The molecule has 3 rings (SSSR count).